The maximum absolute atomic E-state index is 12.5. The fourth-order valence-electron chi connectivity index (χ4n) is 3.33. The van der Waals surface area contributed by atoms with Gasteiger partial charge in [0.05, 0.1) is 0 Å². The van der Waals surface area contributed by atoms with E-state index >= 15 is 0 Å². The van der Waals surface area contributed by atoms with Gasteiger partial charge in [-0.2, -0.15) is 11.8 Å². The number of benzene rings is 1. The van der Waals surface area contributed by atoms with E-state index < -0.39 is 0 Å². The molecule has 0 aliphatic carbocycles. The number of nitrogens with one attached hydrogen (secondary N) is 1. The molecule has 0 saturated carbocycles. The predicted octanol–water partition coefficient (Wildman–Crippen LogP) is 2.77. The van der Waals surface area contributed by atoms with Crippen LogP contribution in [0.3, 0.4) is 0 Å². The van der Waals surface area contributed by atoms with Crippen LogP contribution >= 0.6 is 11.8 Å². The zero-order valence-electron chi connectivity index (χ0n) is 14.7. The fraction of sp³-hybridized carbons (Fsp3) is 0.632. The molecule has 2 aliphatic heterocycles. The number of rotatable bonds is 4. The Hall–Kier alpha value is -1.20. The van der Waals surface area contributed by atoms with E-state index in [4.69, 9.17) is 4.74 Å². The molecule has 4 nitrogen and oxygen atoms in total. The SMILES string of the molecule is Cc1ccc(C)c(OC2CCN(C(=O)CC3CSCCN3)CC2)c1. The van der Waals surface area contributed by atoms with Gasteiger partial charge < -0.3 is 15.0 Å². The minimum absolute atomic E-state index is 0.220. The Labute approximate surface area is 149 Å². The van der Waals surface area contributed by atoms with Gasteiger partial charge in [-0.1, -0.05) is 12.1 Å². The number of aryl methyl sites for hydroxylation is 2. The summed E-state index contributed by atoms with van der Waals surface area (Å²) in [5, 5.41) is 3.45. The topological polar surface area (TPSA) is 41.6 Å². The Kier molecular flexibility index (Phi) is 6.06. The number of piperidine rings is 1. The quantitative estimate of drug-likeness (QED) is 0.908. The molecule has 1 N–H and O–H groups in total. The van der Waals surface area contributed by atoms with Crippen LogP contribution in [0.5, 0.6) is 5.75 Å². The predicted molar refractivity (Wildman–Crippen MR) is 99.9 cm³/mol. The van der Waals surface area contributed by atoms with Crippen molar-refractivity contribution in [2.24, 2.45) is 0 Å². The van der Waals surface area contributed by atoms with Crippen LogP contribution in [0.2, 0.25) is 0 Å². The molecule has 0 aromatic heterocycles. The average Bonchev–Trinajstić information content (AvgIpc) is 2.60. The fourth-order valence-corrected chi connectivity index (χ4v) is 4.28. The minimum Gasteiger partial charge on any atom is -0.490 e. The number of nitrogens with zero attached hydrogens (tertiary/aromatic N) is 1. The van der Waals surface area contributed by atoms with Crippen molar-refractivity contribution >= 4 is 17.7 Å². The number of amides is 1. The molecule has 1 aromatic carbocycles. The van der Waals surface area contributed by atoms with Gasteiger partial charge in [0.15, 0.2) is 0 Å². The van der Waals surface area contributed by atoms with Gasteiger partial charge in [0.2, 0.25) is 5.91 Å². The van der Waals surface area contributed by atoms with Gasteiger partial charge >= 0.3 is 0 Å². The van der Waals surface area contributed by atoms with E-state index in [0.29, 0.717) is 18.4 Å². The van der Waals surface area contributed by atoms with Crippen molar-refractivity contribution in [2.45, 2.75) is 45.3 Å². The number of hydrogen-bond acceptors (Lipinski definition) is 4. The first-order valence-electron chi connectivity index (χ1n) is 8.94. The zero-order chi connectivity index (χ0) is 16.9. The Bertz CT molecular complexity index is 564. The molecule has 2 aliphatic rings. The highest BCUT2D eigenvalue weighted by atomic mass is 32.2. The molecule has 0 spiro atoms. The first-order valence-corrected chi connectivity index (χ1v) is 10.1. The molecule has 1 unspecified atom stereocenters. The van der Waals surface area contributed by atoms with Crippen LogP contribution in [0.25, 0.3) is 0 Å². The second-order valence-electron chi connectivity index (χ2n) is 6.90. The highest BCUT2D eigenvalue weighted by Gasteiger charge is 2.26. The molecule has 1 aromatic rings. The van der Waals surface area contributed by atoms with Crippen LogP contribution in [0, 0.1) is 13.8 Å². The van der Waals surface area contributed by atoms with Crippen molar-refractivity contribution in [2.75, 3.05) is 31.1 Å². The van der Waals surface area contributed by atoms with Gasteiger partial charge in [-0.05, 0) is 31.0 Å². The van der Waals surface area contributed by atoms with E-state index in [1.54, 1.807) is 0 Å². The van der Waals surface area contributed by atoms with Gasteiger partial charge in [-0.3, -0.25) is 4.79 Å². The van der Waals surface area contributed by atoms with Crippen molar-refractivity contribution in [3.8, 4) is 5.75 Å². The summed E-state index contributed by atoms with van der Waals surface area (Å²) in [7, 11) is 0. The van der Waals surface area contributed by atoms with Gasteiger partial charge in [0.1, 0.15) is 11.9 Å². The molecule has 2 heterocycles. The Balaban J connectivity index is 1.46. The monoisotopic (exact) mass is 348 g/mol. The number of carbonyl (C=O) groups excluding carboxylic acids is 1. The smallest absolute Gasteiger partial charge is 0.224 e. The molecule has 3 rings (SSSR count). The summed E-state index contributed by atoms with van der Waals surface area (Å²) in [6.45, 7) is 6.82. The molecule has 1 amide bonds. The molecule has 132 valence electrons. The highest BCUT2D eigenvalue weighted by molar-refractivity contribution is 7.99. The van der Waals surface area contributed by atoms with Crippen molar-refractivity contribution in [1.29, 1.82) is 0 Å². The Morgan fingerprint density at radius 1 is 1.33 bits per heavy atom. The van der Waals surface area contributed by atoms with Crippen LogP contribution in [-0.2, 0) is 4.79 Å². The van der Waals surface area contributed by atoms with Gasteiger partial charge in [-0.15, -0.1) is 0 Å². The van der Waals surface area contributed by atoms with Crippen molar-refractivity contribution in [3.05, 3.63) is 29.3 Å². The van der Waals surface area contributed by atoms with Gasteiger partial charge in [-0.25, -0.2) is 0 Å². The maximum Gasteiger partial charge on any atom is 0.224 e. The third kappa shape index (κ3) is 4.67. The summed E-state index contributed by atoms with van der Waals surface area (Å²) in [6.07, 6.45) is 2.70. The normalized spacial score (nSPS) is 22.4. The summed E-state index contributed by atoms with van der Waals surface area (Å²) in [5.74, 6) is 3.49. The molecule has 2 fully saturated rings. The molecule has 2 saturated heterocycles. The Morgan fingerprint density at radius 2 is 2.12 bits per heavy atom. The highest BCUT2D eigenvalue weighted by Crippen LogP contribution is 2.24. The van der Waals surface area contributed by atoms with Crippen molar-refractivity contribution in [1.82, 2.24) is 10.2 Å². The standard InChI is InChI=1S/C19H28N2O2S/c1-14-3-4-15(2)18(11-14)23-17-5-8-21(9-6-17)19(22)12-16-13-24-10-7-20-16/h3-4,11,16-17,20H,5-10,12-13H2,1-2H3. The number of thioether (sulfide) groups is 1. The van der Waals surface area contributed by atoms with Crippen LogP contribution in [0.1, 0.15) is 30.4 Å². The zero-order valence-corrected chi connectivity index (χ0v) is 15.5. The lowest BCUT2D eigenvalue weighted by Gasteiger charge is -2.34. The first kappa shape index (κ1) is 17.6. The summed E-state index contributed by atoms with van der Waals surface area (Å²) in [5.41, 5.74) is 2.40. The lowest BCUT2D eigenvalue weighted by Crippen LogP contribution is -2.46. The van der Waals surface area contributed by atoms with E-state index in [9.17, 15) is 4.79 Å². The lowest BCUT2D eigenvalue weighted by molar-refractivity contribution is -0.133. The van der Waals surface area contributed by atoms with Crippen LogP contribution < -0.4 is 10.1 Å². The molecular formula is C19H28N2O2S. The van der Waals surface area contributed by atoms with E-state index in [1.165, 1.54) is 11.1 Å². The first-order chi connectivity index (χ1) is 11.6. The minimum atomic E-state index is 0.220. The third-order valence-electron chi connectivity index (χ3n) is 4.85. The van der Waals surface area contributed by atoms with Crippen LogP contribution in [0.15, 0.2) is 18.2 Å². The summed E-state index contributed by atoms with van der Waals surface area (Å²) < 4.78 is 6.19. The molecule has 0 bridgehead atoms. The van der Waals surface area contributed by atoms with Gasteiger partial charge in [0.25, 0.3) is 0 Å². The van der Waals surface area contributed by atoms with Crippen LogP contribution in [-0.4, -0.2) is 54.1 Å². The van der Waals surface area contributed by atoms with E-state index in [-0.39, 0.29) is 6.10 Å². The molecule has 5 heteroatoms. The summed E-state index contributed by atoms with van der Waals surface area (Å²) in [6, 6.07) is 6.68. The maximum atomic E-state index is 12.5. The third-order valence-corrected chi connectivity index (χ3v) is 5.98. The molecular weight excluding hydrogens is 320 g/mol. The van der Waals surface area contributed by atoms with Crippen molar-refractivity contribution in [3.63, 3.8) is 0 Å². The lowest BCUT2D eigenvalue weighted by atomic mass is 10.1. The average molecular weight is 349 g/mol. The van der Waals surface area contributed by atoms with E-state index in [1.807, 2.05) is 16.7 Å². The number of hydrogen-bond donors (Lipinski definition) is 1. The summed E-state index contributed by atoms with van der Waals surface area (Å²) in [4.78, 5) is 14.5. The second-order valence-corrected chi connectivity index (χ2v) is 8.05. The second kappa shape index (κ2) is 8.26. The van der Waals surface area contributed by atoms with E-state index in [0.717, 1.165) is 49.7 Å². The largest absolute Gasteiger partial charge is 0.490 e. The van der Waals surface area contributed by atoms with Gasteiger partial charge in [0, 0.05) is 56.4 Å². The molecule has 0 radical (unpaired) electrons. The number of carbonyl (C=O) groups is 1. The summed E-state index contributed by atoms with van der Waals surface area (Å²) >= 11 is 1.94. The number of likely N-dealkylation sites (tertiary alicyclic amines) is 1. The Morgan fingerprint density at radius 3 is 2.83 bits per heavy atom. The molecule has 1 atom stereocenters. The van der Waals surface area contributed by atoms with E-state index in [2.05, 4.69) is 37.4 Å². The van der Waals surface area contributed by atoms with Crippen molar-refractivity contribution < 1.29 is 9.53 Å². The van der Waals surface area contributed by atoms with Crippen LogP contribution in [0.4, 0.5) is 0 Å². The number of ether oxygens (including phenoxy) is 1. The molecule has 24 heavy (non-hydrogen) atoms.